The molecular weight excluding hydrogens is 174 g/mol. The molecule has 1 saturated heterocycles. The van der Waals surface area contributed by atoms with Gasteiger partial charge in [0.1, 0.15) is 0 Å². The summed E-state index contributed by atoms with van der Waals surface area (Å²) < 4.78 is 0. The number of aliphatic hydroxyl groups is 1. The molecule has 2 heteroatoms. The van der Waals surface area contributed by atoms with Crippen molar-refractivity contribution in [3.8, 4) is 0 Å². The molecule has 14 heavy (non-hydrogen) atoms. The Balaban J connectivity index is 2.03. The minimum absolute atomic E-state index is 0.242. The van der Waals surface area contributed by atoms with Crippen LogP contribution in [0.5, 0.6) is 0 Å². The van der Waals surface area contributed by atoms with Crippen LogP contribution >= 0.6 is 0 Å². The Bertz CT molecular complexity index is 282. The molecule has 2 atom stereocenters. The van der Waals surface area contributed by atoms with E-state index in [0.717, 1.165) is 18.7 Å². The van der Waals surface area contributed by atoms with Crippen molar-refractivity contribution in [2.45, 2.75) is 25.5 Å². The molecule has 1 unspecified atom stereocenters. The van der Waals surface area contributed by atoms with Gasteiger partial charge < -0.3 is 5.11 Å². The van der Waals surface area contributed by atoms with Crippen LogP contribution in [0.3, 0.4) is 0 Å². The normalized spacial score (nSPS) is 21.3. The second-order valence-electron chi connectivity index (χ2n) is 3.99. The number of likely N-dealkylation sites (tertiary alicyclic amines) is 1. The fourth-order valence-corrected chi connectivity index (χ4v) is 1.88. The van der Waals surface area contributed by atoms with Crippen molar-refractivity contribution in [3.63, 3.8) is 0 Å². The monoisotopic (exact) mass is 191 g/mol. The summed E-state index contributed by atoms with van der Waals surface area (Å²) in [5, 5.41) is 10.1. The van der Waals surface area contributed by atoms with Gasteiger partial charge in [-0.25, -0.2) is 0 Å². The molecule has 0 radical (unpaired) electrons. The summed E-state index contributed by atoms with van der Waals surface area (Å²) in [5.74, 6) is 0. The molecule has 76 valence electrons. The van der Waals surface area contributed by atoms with Crippen molar-refractivity contribution < 1.29 is 5.11 Å². The second-order valence-corrected chi connectivity index (χ2v) is 3.99. The van der Waals surface area contributed by atoms with E-state index in [1.54, 1.807) is 0 Å². The highest BCUT2D eigenvalue weighted by atomic mass is 16.3. The van der Waals surface area contributed by atoms with Crippen molar-refractivity contribution in [2.24, 2.45) is 0 Å². The predicted molar refractivity (Wildman–Crippen MR) is 57.1 cm³/mol. The van der Waals surface area contributed by atoms with Crippen molar-refractivity contribution in [1.82, 2.24) is 4.90 Å². The molecule has 2 rings (SSSR count). The van der Waals surface area contributed by atoms with Gasteiger partial charge in [-0.3, -0.25) is 4.90 Å². The molecule has 0 bridgehead atoms. The summed E-state index contributed by atoms with van der Waals surface area (Å²) in [4.78, 5) is 2.32. The third-order valence-electron chi connectivity index (χ3n) is 3.06. The predicted octanol–water partition coefficient (Wildman–Crippen LogP) is 1.81. The van der Waals surface area contributed by atoms with Gasteiger partial charge in [-0.2, -0.15) is 0 Å². The summed E-state index contributed by atoms with van der Waals surface area (Å²) in [6.45, 7) is 4.35. The van der Waals surface area contributed by atoms with Crippen molar-refractivity contribution >= 4 is 0 Å². The summed E-state index contributed by atoms with van der Waals surface area (Å²) in [6.07, 6.45) is 0.919. The topological polar surface area (TPSA) is 23.5 Å². The quantitative estimate of drug-likeness (QED) is 0.787. The first-order valence-corrected chi connectivity index (χ1v) is 5.26. The Labute approximate surface area is 85.2 Å². The minimum Gasteiger partial charge on any atom is -0.387 e. The van der Waals surface area contributed by atoms with Gasteiger partial charge in [-0.15, -0.1) is 0 Å². The number of hydrogen-bond donors (Lipinski definition) is 1. The Morgan fingerprint density at radius 1 is 1.21 bits per heavy atom. The molecule has 1 aliphatic heterocycles. The molecule has 1 fully saturated rings. The third-order valence-corrected chi connectivity index (χ3v) is 3.06. The van der Waals surface area contributed by atoms with E-state index in [2.05, 4.69) is 11.8 Å². The first-order valence-electron chi connectivity index (χ1n) is 5.26. The lowest BCUT2D eigenvalue weighted by molar-refractivity contribution is 0.0240. The van der Waals surface area contributed by atoms with E-state index in [0.29, 0.717) is 0 Å². The lowest BCUT2D eigenvalue weighted by Gasteiger charge is -2.38. The van der Waals surface area contributed by atoms with Crippen LogP contribution in [0.15, 0.2) is 30.3 Å². The molecule has 1 aromatic carbocycles. The zero-order chi connectivity index (χ0) is 9.97. The van der Waals surface area contributed by atoms with Gasteiger partial charge in [0.2, 0.25) is 0 Å². The molecule has 0 spiro atoms. The standard InChI is InChI=1S/C12H17NO/c1-10(13-8-5-9-13)12(14)11-6-3-2-4-7-11/h2-4,6-7,10,12,14H,5,8-9H2,1H3/t10?,12-/m1/s1. The van der Waals surface area contributed by atoms with Gasteiger partial charge in [0.05, 0.1) is 6.10 Å². The molecule has 1 aromatic rings. The average Bonchev–Trinajstić information content (AvgIpc) is 2.15. The van der Waals surface area contributed by atoms with E-state index in [1.165, 1.54) is 6.42 Å². The smallest absolute Gasteiger partial charge is 0.0942 e. The van der Waals surface area contributed by atoms with Gasteiger partial charge in [0.25, 0.3) is 0 Å². The SMILES string of the molecule is CC([C@@H](O)c1ccccc1)N1CCC1. The van der Waals surface area contributed by atoms with E-state index in [1.807, 2.05) is 30.3 Å². The van der Waals surface area contributed by atoms with E-state index in [-0.39, 0.29) is 12.1 Å². The molecule has 0 aromatic heterocycles. The minimum atomic E-state index is -0.350. The molecular formula is C12H17NO. The van der Waals surface area contributed by atoms with Crippen LogP contribution in [0.4, 0.5) is 0 Å². The lowest BCUT2D eigenvalue weighted by Crippen LogP contribution is -2.46. The van der Waals surface area contributed by atoms with E-state index >= 15 is 0 Å². The van der Waals surface area contributed by atoms with Crippen LogP contribution < -0.4 is 0 Å². The molecule has 0 saturated carbocycles. The fraction of sp³-hybridized carbons (Fsp3) is 0.500. The number of benzene rings is 1. The van der Waals surface area contributed by atoms with Gasteiger partial charge in [0, 0.05) is 6.04 Å². The molecule has 1 aliphatic rings. The maximum atomic E-state index is 10.1. The number of hydrogen-bond acceptors (Lipinski definition) is 2. The van der Waals surface area contributed by atoms with Crippen LogP contribution in [0, 0.1) is 0 Å². The first kappa shape index (κ1) is 9.69. The van der Waals surface area contributed by atoms with Crippen LogP contribution in [0.1, 0.15) is 25.0 Å². The number of nitrogens with zero attached hydrogens (tertiary/aromatic N) is 1. The lowest BCUT2D eigenvalue weighted by atomic mass is 10.00. The molecule has 0 aliphatic carbocycles. The number of rotatable bonds is 3. The summed E-state index contributed by atoms with van der Waals surface area (Å²) in [5.41, 5.74) is 1.02. The molecule has 1 heterocycles. The molecule has 1 N–H and O–H groups in total. The zero-order valence-corrected chi connectivity index (χ0v) is 8.56. The maximum Gasteiger partial charge on any atom is 0.0942 e. The van der Waals surface area contributed by atoms with Gasteiger partial charge in [0.15, 0.2) is 0 Å². The highest BCUT2D eigenvalue weighted by Crippen LogP contribution is 2.23. The average molecular weight is 191 g/mol. The van der Waals surface area contributed by atoms with Crippen LogP contribution in [-0.4, -0.2) is 29.1 Å². The highest BCUT2D eigenvalue weighted by molar-refractivity contribution is 5.18. The Morgan fingerprint density at radius 2 is 1.86 bits per heavy atom. The van der Waals surface area contributed by atoms with E-state index in [4.69, 9.17) is 0 Å². The van der Waals surface area contributed by atoms with Crippen molar-refractivity contribution in [1.29, 1.82) is 0 Å². The van der Waals surface area contributed by atoms with Crippen molar-refractivity contribution in [3.05, 3.63) is 35.9 Å². The molecule has 2 nitrogen and oxygen atoms in total. The fourth-order valence-electron chi connectivity index (χ4n) is 1.88. The molecule has 0 amide bonds. The van der Waals surface area contributed by atoms with E-state index in [9.17, 15) is 5.11 Å². The highest BCUT2D eigenvalue weighted by Gasteiger charge is 2.26. The maximum absolute atomic E-state index is 10.1. The Hall–Kier alpha value is -0.860. The zero-order valence-electron chi connectivity index (χ0n) is 8.56. The van der Waals surface area contributed by atoms with E-state index < -0.39 is 0 Å². The third kappa shape index (κ3) is 1.81. The first-order chi connectivity index (χ1) is 6.79. The van der Waals surface area contributed by atoms with Gasteiger partial charge in [-0.1, -0.05) is 30.3 Å². The number of aliphatic hydroxyl groups excluding tert-OH is 1. The second kappa shape index (κ2) is 4.11. The summed E-state index contributed by atoms with van der Waals surface area (Å²) >= 11 is 0. The van der Waals surface area contributed by atoms with Gasteiger partial charge >= 0.3 is 0 Å². The summed E-state index contributed by atoms with van der Waals surface area (Å²) in [7, 11) is 0. The van der Waals surface area contributed by atoms with Crippen LogP contribution in [0.2, 0.25) is 0 Å². The largest absolute Gasteiger partial charge is 0.387 e. The van der Waals surface area contributed by atoms with Gasteiger partial charge in [-0.05, 0) is 32.0 Å². The Kier molecular flexibility index (Phi) is 2.85. The van der Waals surface area contributed by atoms with Crippen LogP contribution in [-0.2, 0) is 0 Å². The Morgan fingerprint density at radius 3 is 2.36 bits per heavy atom. The summed E-state index contributed by atoms with van der Waals surface area (Å²) in [6, 6.07) is 10.1. The van der Waals surface area contributed by atoms with Crippen molar-refractivity contribution in [2.75, 3.05) is 13.1 Å². The van der Waals surface area contributed by atoms with Crippen LogP contribution in [0.25, 0.3) is 0 Å².